The lowest BCUT2D eigenvalue weighted by Crippen LogP contribution is -2.63. The van der Waals surface area contributed by atoms with Gasteiger partial charge in [0.05, 0.1) is 6.54 Å². The van der Waals surface area contributed by atoms with Crippen LogP contribution in [-0.2, 0) is 9.53 Å². The minimum atomic E-state index is -0.548. The summed E-state index contributed by atoms with van der Waals surface area (Å²) in [6.07, 6.45) is -0.768. The third kappa shape index (κ3) is 2.56. The standard InChI is InChI=1S/C19H18N4O4/c1-22-16-15(17(24)21-18(22)25)23-9-14(27-19(23)20-16)10-26-13-7-6-11-4-2-3-5-12(11)8-13/h2-8,14-16H,9-10H2,1H3,(H,21,24,25). The summed E-state index contributed by atoms with van der Waals surface area (Å²) < 4.78 is 11.7. The average molecular weight is 366 g/mol. The fourth-order valence-electron chi connectivity index (χ4n) is 3.73. The highest BCUT2D eigenvalue weighted by atomic mass is 16.6. The number of ether oxygens (including phenoxy) is 2. The van der Waals surface area contributed by atoms with E-state index in [1.807, 2.05) is 36.4 Å². The summed E-state index contributed by atoms with van der Waals surface area (Å²) in [5.41, 5.74) is 0. The van der Waals surface area contributed by atoms with Crippen LogP contribution in [0.1, 0.15) is 0 Å². The third-order valence-electron chi connectivity index (χ3n) is 5.15. The van der Waals surface area contributed by atoms with Gasteiger partial charge in [-0.25, -0.2) is 9.79 Å². The van der Waals surface area contributed by atoms with Crippen LogP contribution in [0.5, 0.6) is 5.75 Å². The Morgan fingerprint density at radius 2 is 2.04 bits per heavy atom. The van der Waals surface area contributed by atoms with E-state index < -0.39 is 18.2 Å². The lowest BCUT2D eigenvalue weighted by molar-refractivity contribution is -0.127. The summed E-state index contributed by atoms with van der Waals surface area (Å²) in [7, 11) is 1.62. The number of amidine groups is 1. The quantitative estimate of drug-likeness (QED) is 0.882. The van der Waals surface area contributed by atoms with Gasteiger partial charge in [0.25, 0.3) is 11.9 Å². The fraction of sp³-hybridized carbons (Fsp3) is 0.316. The van der Waals surface area contributed by atoms with Crippen LogP contribution in [0.25, 0.3) is 10.8 Å². The highest BCUT2D eigenvalue weighted by molar-refractivity contribution is 6.03. The van der Waals surface area contributed by atoms with Crippen LogP contribution in [0, 0.1) is 0 Å². The van der Waals surface area contributed by atoms with Gasteiger partial charge in [-0.05, 0) is 22.9 Å². The van der Waals surface area contributed by atoms with Crippen LogP contribution in [-0.4, -0.2) is 66.3 Å². The number of nitrogens with zero attached hydrogens (tertiary/aromatic N) is 3. The topological polar surface area (TPSA) is 83.5 Å². The number of carbonyl (C=O) groups excluding carboxylic acids is 2. The van der Waals surface area contributed by atoms with Crippen molar-refractivity contribution in [2.24, 2.45) is 4.99 Å². The Balaban J connectivity index is 1.27. The number of fused-ring (bicyclic) bond motifs is 4. The van der Waals surface area contributed by atoms with Crippen LogP contribution < -0.4 is 10.1 Å². The molecule has 0 aliphatic carbocycles. The number of imide groups is 1. The van der Waals surface area contributed by atoms with E-state index in [2.05, 4.69) is 16.4 Å². The second kappa shape index (κ2) is 5.87. The molecule has 0 saturated carbocycles. The molecule has 3 atom stereocenters. The molecular formula is C19H18N4O4. The Kier molecular flexibility index (Phi) is 3.46. The smallest absolute Gasteiger partial charge is 0.325 e. The van der Waals surface area contributed by atoms with Gasteiger partial charge in [-0.2, -0.15) is 0 Å². The largest absolute Gasteiger partial charge is 0.490 e. The van der Waals surface area contributed by atoms with Crippen molar-refractivity contribution in [3.63, 3.8) is 0 Å². The minimum Gasteiger partial charge on any atom is -0.490 e. The number of rotatable bonds is 3. The maximum absolute atomic E-state index is 12.2. The van der Waals surface area contributed by atoms with E-state index in [1.54, 1.807) is 11.9 Å². The summed E-state index contributed by atoms with van der Waals surface area (Å²) in [6.45, 7) is 0.838. The third-order valence-corrected chi connectivity index (χ3v) is 5.15. The van der Waals surface area contributed by atoms with Gasteiger partial charge in [-0.3, -0.25) is 10.1 Å². The SMILES string of the molecule is CN1C(=O)NC(=O)C2C1N=C1OC(COc3ccc4ccccc4c3)CN12. The number of amides is 3. The normalized spacial score (nSPS) is 26.4. The summed E-state index contributed by atoms with van der Waals surface area (Å²) in [6, 6.07) is 13.4. The van der Waals surface area contributed by atoms with Crippen LogP contribution in [0.3, 0.4) is 0 Å². The molecule has 3 amide bonds. The van der Waals surface area contributed by atoms with Crippen molar-refractivity contribution in [1.29, 1.82) is 0 Å². The van der Waals surface area contributed by atoms with Gasteiger partial charge in [-0.15, -0.1) is 0 Å². The lowest BCUT2D eigenvalue weighted by atomic mass is 10.1. The highest BCUT2D eigenvalue weighted by Crippen LogP contribution is 2.29. The molecule has 2 fully saturated rings. The zero-order valence-electron chi connectivity index (χ0n) is 14.7. The maximum Gasteiger partial charge on any atom is 0.325 e. The summed E-state index contributed by atoms with van der Waals surface area (Å²) >= 11 is 0. The predicted molar refractivity (Wildman–Crippen MR) is 97.3 cm³/mol. The van der Waals surface area contributed by atoms with E-state index in [0.717, 1.165) is 16.5 Å². The van der Waals surface area contributed by atoms with Crippen molar-refractivity contribution >= 4 is 28.7 Å². The van der Waals surface area contributed by atoms with Gasteiger partial charge in [0, 0.05) is 7.05 Å². The first kappa shape index (κ1) is 15.9. The molecule has 0 bridgehead atoms. The Bertz CT molecular complexity index is 975. The molecule has 3 heterocycles. The fourth-order valence-corrected chi connectivity index (χ4v) is 3.73. The summed E-state index contributed by atoms with van der Waals surface area (Å²) in [4.78, 5) is 31.6. The van der Waals surface area contributed by atoms with Crippen LogP contribution in [0.2, 0.25) is 0 Å². The van der Waals surface area contributed by atoms with E-state index in [1.165, 1.54) is 4.90 Å². The molecule has 2 aromatic carbocycles. The first-order valence-electron chi connectivity index (χ1n) is 8.80. The lowest BCUT2D eigenvalue weighted by Gasteiger charge is -2.34. The van der Waals surface area contributed by atoms with Crippen molar-refractivity contribution in [3.05, 3.63) is 42.5 Å². The number of nitrogens with one attached hydrogen (secondary N) is 1. The molecule has 3 unspecified atom stereocenters. The molecule has 8 nitrogen and oxygen atoms in total. The van der Waals surface area contributed by atoms with Crippen molar-refractivity contribution in [1.82, 2.24) is 15.1 Å². The minimum absolute atomic E-state index is 0.230. The van der Waals surface area contributed by atoms with Crippen LogP contribution in [0.4, 0.5) is 4.79 Å². The van der Waals surface area contributed by atoms with E-state index in [9.17, 15) is 9.59 Å². The molecule has 27 heavy (non-hydrogen) atoms. The molecule has 0 aromatic heterocycles. The van der Waals surface area contributed by atoms with E-state index in [-0.39, 0.29) is 12.0 Å². The van der Waals surface area contributed by atoms with E-state index in [4.69, 9.17) is 9.47 Å². The molecule has 138 valence electrons. The molecule has 2 aromatic rings. The van der Waals surface area contributed by atoms with Gasteiger partial charge < -0.3 is 19.3 Å². The molecule has 2 saturated heterocycles. The Morgan fingerprint density at radius 3 is 2.89 bits per heavy atom. The van der Waals surface area contributed by atoms with E-state index in [0.29, 0.717) is 19.2 Å². The van der Waals surface area contributed by atoms with Gasteiger partial charge in [-0.1, -0.05) is 30.3 Å². The van der Waals surface area contributed by atoms with Crippen molar-refractivity contribution < 1.29 is 19.1 Å². The van der Waals surface area contributed by atoms with Gasteiger partial charge in [0.2, 0.25) is 0 Å². The second-order valence-corrected chi connectivity index (χ2v) is 6.89. The second-order valence-electron chi connectivity index (χ2n) is 6.89. The molecule has 0 spiro atoms. The number of urea groups is 1. The van der Waals surface area contributed by atoms with Gasteiger partial charge >= 0.3 is 6.03 Å². The molecular weight excluding hydrogens is 348 g/mol. The predicted octanol–water partition coefficient (Wildman–Crippen LogP) is 1.17. The van der Waals surface area contributed by atoms with E-state index >= 15 is 0 Å². The zero-order chi connectivity index (χ0) is 18.5. The van der Waals surface area contributed by atoms with Crippen molar-refractivity contribution in [2.75, 3.05) is 20.2 Å². The number of hydrogen-bond donors (Lipinski definition) is 1. The zero-order valence-corrected chi connectivity index (χ0v) is 14.7. The molecule has 3 aliphatic heterocycles. The molecule has 8 heteroatoms. The van der Waals surface area contributed by atoms with Crippen LogP contribution in [0.15, 0.2) is 47.5 Å². The first-order chi connectivity index (χ1) is 13.1. The number of hydrogen-bond acceptors (Lipinski definition) is 6. The molecule has 3 aliphatic rings. The van der Waals surface area contributed by atoms with Gasteiger partial charge in [0.15, 0.2) is 18.3 Å². The first-order valence-corrected chi connectivity index (χ1v) is 8.80. The number of benzene rings is 2. The molecule has 0 radical (unpaired) electrons. The molecule has 1 N–H and O–H groups in total. The highest BCUT2D eigenvalue weighted by Gasteiger charge is 2.52. The Morgan fingerprint density at radius 1 is 1.22 bits per heavy atom. The van der Waals surface area contributed by atoms with Crippen molar-refractivity contribution in [3.8, 4) is 5.75 Å². The number of carbonyl (C=O) groups is 2. The maximum atomic E-state index is 12.2. The van der Waals surface area contributed by atoms with Crippen molar-refractivity contribution in [2.45, 2.75) is 18.3 Å². The summed E-state index contributed by atoms with van der Waals surface area (Å²) in [5, 5.41) is 4.62. The van der Waals surface area contributed by atoms with Gasteiger partial charge in [0.1, 0.15) is 12.4 Å². The molecule has 5 rings (SSSR count). The van der Waals surface area contributed by atoms with Crippen LogP contribution >= 0.6 is 0 Å². The Labute approximate surface area is 155 Å². The monoisotopic (exact) mass is 366 g/mol. The average Bonchev–Trinajstić information content (AvgIpc) is 3.22. The summed E-state index contributed by atoms with van der Waals surface area (Å²) in [5.74, 6) is 0.423. The number of likely N-dealkylation sites (N-methyl/N-ethyl adjacent to an activating group) is 1. The number of aliphatic imine (C=N–C) groups is 1. The Hall–Kier alpha value is -3.29.